The van der Waals surface area contributed by atoms with Crippen LogP contribution in [0.15, 0.2) is 59.4 Å². The molecule has 7 nitrogen and oxygen atoms in total. The average molecular weight is 471 g/mol. The Bertz CT molecular complexity index is 1230. The maximum Gasteiger partial charge on any atom is 0.189 e. The number of hydrogen-bond donors (Lipinski definition) is 2. The van der Waals surface area contributed by atoms with E-state index >= 15 is 0 Å². The van der Waals surface area contributed by atoms with Gasteiger partial charge >= 0.3 is 0 Å². The molecule has 3 heterocycles. The van der Waals surface area contributed by atoms with E-state index < -0.39 is 0 Å². The summed E-state index contributed by atoms with van der Waals surface area (Å²) in [6, 6.07) is 10.8. The average Bonchev–Trinajstić information content (AvgIpc) is 3.56. The van der Waals surface area contributed by atoms with Gasteiger partial charge in [0.15, 0.2) is 17.3 Å². The Kier molecular flexibility index (Phi) is 6.43. The van der Waals surface area contributed by atoms with E-state index in [4.69, 9.17) is 15.2 Å². The summed E-state index contributed by atoms with van der Waals surface area (Å²) in [7, 11) is 0. The van der Waals surface area contributed by atoms with Crippen molar-refractivity contribution in [1.82, 2.24) is 25.3 Å². The second-order valence-corrected chi connectivity index (χ2v) is 10.5. The van der Waals surface area contributed by atoms with Crippen molar-refractivity contribution in [2.75, 3.05) is 12.3 Å². The molecule has 1 aliphatic carbocycles. The van der Waals surface area contributed by atoms with E-state index in [1.165, 1.54) is 31.2 Å². The van der Waals surface area contributed by atoms with Crippen molar-refractivity contribution in [2.24, 2.45) is 0 Å². The van der Waals surface area contributed by atoms with Crippen LogP contribution in [0.3, 0.4) is 0 Å². The van der Waals surface area contributed by atoms with Crippen molar-refractivity contribution in [3.8, 4) is 22.7 Å². The first kappa shape index (κ1) is 23.3. The molecule has 7 heteroatoms. The van der Waals surface area contributed by atoms with Gasteiger partial charge in [-0.15, -0.1) is 0 Å². The van der Waals surface area contributed by atoms with Crippen LogP contribution in [-0.4, -0.2) is 38.2 Å². The van der Waals surface area contributed by atoms with E-state index in [9.17, 15) is 0 Å². The number of nitrogen functional groups attached to an aromatic ring is 1. The number of nitrogens with two attached hydrogens (primary N) is 1. The number of nitrogens with zero attached hydrogens (tertiary/aromatic N) is 4. The molecular weight excluding hydrogens is 436 g/mol. The van der Waals surface area contributed by atoms with Crippen molar-refractivity contribution in [3.05, 3.63) is 66.1 Å². The summed E-state index contributed by atoms with van der Waals surface area (Å²) in [5.41, 5.74) is 11.5. The van der Waals surface area contributed by atoms with Crippen molar-refractivity contribution in [1.29, 1.82) is 0 Å². The second-order valence-electron chi connectivity index (χ2n) is 10.5. The van der Waals surface area contributed by atoms with E-state index in [-0.39, 0.29) is 5.54 Å². The summed E-state index contributed by atoms with van der Waals surface area (Å²) in [6.45, 7) is 8.24. The summed E-state index contributed by atoms with van der Waals surface area (Å²) >= 11 is 0. The number of hydrogen-bond acceptors (Lipinski definition) is 7. The Labute approximate surface area is 207 Å². The van der Waals surface area contributed by atoms with Gasteiger partial charge in [-0.3, -0.25) is 0 Å². The highest BCUT2D eigenvalue weighted by atomic mass is 16.5. The lowest BCUT2D eigenvalue weighted by Gasteiger charge is -2.29. The van der Waals surface area contributed by atoms with Gasteiger partial charge in [-0.1, -0.05) is 54.4 Å². The molecule has 3 aromatic rings. The molecule has 182 valence electrons. The highest BCUT2D eigenvalue weighted by molar-refractivity contribution is 5.76. The zero-order chi connectivity index (χ0) is 24.4. The molecule has 0 unspecified atom stereocenters. The normalized spacial score (nSPS) is 16.7. The first-order chi connectivity index (χ1) is 16.9. The molecule has 1 aromatic carbocycles. The molecule has 1 fully saturated rings. The largest absolute Gasteiger partial charge is 0.382 e. The highest BCUT2D eigenvalue weighted by Crippen LogP contribution is 2.31. The maximum atomic E-state index is 6.20. The SMILES string of the molecule is CC(C)(C)NCc1ccc(-c2cc(-c3nc(C4=CN(C5CCCC5)CC=C4)cnc3N)on2)cc1. The van der Waals surface area contributed by atoms with Gasteiger partial charge in [0, 0.05) is 48.1 Å². The van der Waals surface area contributed by atoms with Gasteiger partial charge in [-0.2, -0.15) is 0 Å². The lowest BCUT2D eigenvalue weighted by molar-refractivity contribution is 0.305. The lowest BCUT2D eigenvalue weighted by atomic mass is 10.1. The Morgan fingerprint density at radius 3 is 2.63 bits per heavy atom. The van der Waals surface area contributed by atoms with Crippen LogP contribution in [0.25, 0.3) is 28.3 Å². The fraction of sp³-hybridized carbons (Fsp3) is 0.393. The number of nitrogens with one attached hydrogen (secondary N) is 1. The molecule has 2 aromatic heterocycles. The molecule has 5 rings (SSSR count). The monoisotopic (exact) mass is 470 g/mol. The van der Waals surface area contributed by atoms with E-state index in [1.54, 1.807) is 6.20 Å². The van der Waals surface area contributed by atoms with E-state index in [0.29, 0.717) is 23.3 Å². The first-order valence-electron chi connectivity index (χ1n) is 12.4. The molecule has 0 amide bonds. The van der Waals surface area contributed by atoms with Crippen LogP contribution in [-0.2, 0) is 6.54 Å². The Morgan fingerprint density at radius 2 is 1.89 bits per heavy atom. The maximum absolute atomic E-state index is 6.20. The molecule has 0 atom stereocenters. The zero-order valence-corrected chi connectivity index (χ0v) is 20.8. The van der Waals surface area contributed by atoms with Gasteiger partial charge in [0.25, 0.3) is 0 Å². The van der Waals surface area contributed by atoms with E-state index in [2.05, 4.69) is 83.7 Å². The van der Waals surface area contributed by atoms with Crippen LogP contribution < -0.4 is 11.1 Å². The van der Waals surface area contributed by atoms with Crippen LogP contribution >= 0.6 is 0 Å². The topological polar surface area (TPSA) is 93.1 Å². The number of aromatic nitrogens is 3. The van der Waals surface area contributed by atoms with Crippen molar-refractivity contribution in [2.45, 2.75) is 64.6 Å². The smallest absolute Gasteiger partial charge is 0.189 e. The predicted octanol–water partition coefficient (Wildman–Crippen LogP) is 5.42. The highest BCUT2D eigenvalue weighted by Gasteiger charge is 2.22. The van der Waals surface area contributed by atoms with Crippen LogP contribution in [0.2, 0.25) is 0 Å². The zero-order valence-electron chi connectivity index (χ0n) is 20.8. The molecule has 0 saturated heterocycles. The van der Waals surface area contributed by atoms with Gasteiger partial charge in [0.1, 0.15) is 5.69 Å². The van der Waals surface area contributed by atoms with Crippen LogP contribution in [0.1, 0.15) is 57.7 Å². The van der Waals surface area contributed by atoms with Crippen molar-refractivity contribution in [3.63, 3.8) is 0 Å². The predicted molar refractivity (Wildman–Crippen MR) is 140 cm³/mol. The number of allylic oxidation sites excluding steroid dienone is 2. The molecular formula is C28H34N6O. The molecule has 1 aliphatic heterocycles. The molecule has 0 spiro atoms. The van der Waals surface area contributed by atoms with E-state index in [0.717, 1.165) is 35.6 Å². The lowest BCUT2D eigenvalue weighted by Crippen LogP contribution is -2.35. The minimum atomic E-state index is 0.0768. The third-order valence-electron chi connectivity index (χ3n) is 6.62. The first-order valence-corrected chi connectivity index (χ1v) is 12.4. The molecule has 2 aliphatic rings. The number of anilines is 1. The Hall–Kier alpha value is -3.45. The van der Waals surface area contributed by atoms with Gasteiger partial charge in [-0.25, -0.2) is 9.97 Å². The minimum absolute atomic E-state index is 0.0768. The summed E-state index contributed by atoms with van der Waals surface area (Å²) < 4.78 is 5.66. The molecule has 35 heavy (non-hydrogen) atoms. The van der Waals surface area contributed by atoms with Gasteiger partial charge in [0.05, 0.1) is 11.9 Å². The number of rotatable bonds is 6. The summed E-state index contributed by atoms with van der Waals surface area (Å²) in [5.74, 6) is 0.839. The molecule has 3 N–H and O–H groups in total. The molecule has 1 saturated carbocycles. The molecule has 0 bridgehead atoms. The van der Waals surface area contributed by atoms with E-state index in [1.807, 2.05) is 6.07 Å². The third-order valence-corrected chi connectivity index (χ3v) is 6.62. The van der Waals surface area contributed by atoms with Crippen LogP contribution in [0.5, 0.6) is 0 Å². The second kappa shape index (κ2) is 9.66. The quantitative estimate of drug-likeness (QED) is 0.496. The fourth-order valence-electron chi connectivity index (χ4n) is 4.62. The Morgan fingerprint density at radius 1 is 1.11 bits per heavy atom. The summed E-state index contributed by atoms with van der Waals surface area (Å²) in [5, 5.41) is 7.78. The van der Waals surface area contributed by atoms with Gasteiger partial charge < -0.3 is 20.5 Å². The standard InChI is InChI=1S/C28H34N6O/c1-28(2,3)31-16-19-10-12-20(13-11-19)23-15-25(35-33-23)26-27(29)30-17-24(32-26)21-7-6-14-34(18-21)22-8-4-5-9-22/h6-7,10-13,15,17-18,22,31H,4-5,8-9,14,16H2,1-3H3,(H2,29,30). The number of benzene rings is 1. The molecule has 0 radical (unpaired) electrons. The van der Waals surface area contributed by atoms with Gasteiger partial charge in [-0.05, 0) is 39.2 Å². The third kappa shape index (κ3) is 5.46. The van der Waals surface area contributed by atoms with Crippen LogP contribution in [0, 0.1) is 0 Å². The Balaban J connectivity index is 1.35. The summed E-state index contributed by atoms with van der Waals surface area (Å²) in [6.07, 6.45) is 13.4. The van der Waals surface area contributed by atoms with Crippen molar-refractivity contribution >= 4 is 11.4 Å². The van der Waals surface area contributed by atoms with Crippen LogP contribution in [0.4, 0.5) is 5.82 Å². The van der Waals surface area contributed by atoms with Gasteiger partial charge in [0.2, 0.25) is 0 Å². The fourth-order valence-corrected chi connectivity index (χ4v) is 4.62. The minimum Gasteiger partial charge on any atom is -0.382 e. The summed E-state index contributed by atoms with van der Waals surface area (Å²) in [4.78, 5) is 11.7. The van der Waals surface area contributed by atoms with Crippen molar-refractivity contribution < 1.29 is 4.52 Å².